The van der Waals surface area contributed by atoms with Gasteiger partial charge in [-0.05, 0) is 38.0 Å². The topological polar surface area (TPSA) is 71.8 Å². The lowest BCUT2D eigenvalue weighted by Gasteiger charge is -2.41. The Bertz CT molecular complexity index is 708. The van der Waals surface area contributed by atoms with Gasteiger partial charge in [0.2, 0.25) is 5.91 Å². The average molecular weight is 348 g/mol. The molecule has 0 bridgehead atoms. The molecule has 1 fully saturated rings. The number of benzene rings is 1. The zero-order valence-electron chi connectivity index (χ0n) is 13.9. The highest BCUT2D eigenvalue weighted by Crippen LogP contribution is 2.29. The number of hydrogen-bond acceptors (Lipinski definition) is 4. The van der Waals surface area contributed by atoms with Gasteiger partial charge < -0.3 is 10.6 Å². The van der Waals surface area contributed by atoms with Crippen molar-refractivity contribution in [2.75, 3.05) is 13.1 Å². The summed E-state index contributed by atoms with van der Waals surface area (Å²) in [6.07, 6.45) is 2.21. The second kappa shape index (κ2) is 6.91. The summed E-state index contributed by atoms with van der Waals surface area (Å²) in [5.41, 5.74) is 0.694. The highest BCUT2D eigenvalue weighted by molar-refractivity contribution is 6.30. The van der Waals surface area contributed by atoms with Crippen LogP contribution in [0.25, 0.3) is 0 Å². The summed E-state index contributed by atoms with van der Waals surface area (Å²) in [5, 5.41) is 11.2. The maximum absolute atomic E-state index is 12.9. The zero-order valence-corrected chi connectivity index (χ0v) is 14.7. The van der Waals surface area contributed by atoms with E-state index in [9.17, 15) is 4.79 Å². The normalized spacial score (nSPS) is 17.1. The number of nitrogens with zero attached hydrogens (tertiary/aromatic N) is 3. The number of carbonyl (C=O) groups is 1. The third-order valence-corrected chi connectivity index (χ3v) is 4.80. The predicted molar refractivity (Wildman–Crippen MR) is 92.7 cm³/mol. The van der Waals surface area contributed by atoms with Gasteiger partial charge in [-0.15, -0.1) is 0 Å². The fraction of sp³-hybridized carbons (Fsp3) is 0.471. The molecule has 128 valence electrons. The number of carbonyl (C=O) groups excluding carboxylic acids is 1. The average Bonchev–Trinajstić information content (AvgIpc) is 3.01. The molecule has 1 aliphatic rings. The molecule has 24 heavy (non-hydrogen) atoms. The molecule has 1 aromatic carbocycles. The Morgan fingerprint density at radius 1 is 1.42 bits per heavy atom. The van der Waals surface area contributed by atoms with Crippen molar-refractivity contribution < 1.29 is 4.79 Å². The van der Waals surface area contributed by atoms with Gasteiger partial charge in [0.15, 0.2) is 0 Å². The standard InChI is InChI=1S/C17H22ClN5O/c1-3-23-15(20-11-21-23)12(2)22-16(24)17(9-19-10-17)8-13-4-6-14(18)7-5-13/h4-7,11-12,19H,3,8-10H2,1-2H3,(H,22,24). The van der Waals surface area contributed by atoms with E-state index < -0.39 is 5.41 Å². The number of hydrogen-bond donors (Lipinski definition) is 2. The van der Waals surface area contributed by atoms with Crippen LogP contribution < -0.4 is 10.6 Å². The molecule has 1 atom stereocenters. The van der Waals surface area contributed by atoms with Crippen LogP contribution in [0.5, 0.6) is 0 Å². The maximum Gasteiger partial charge on any atom is 0.229 e. The van der Waals surface area contributed by atoms with Crippen molar-refractivity contribution in [3.05, 3.63) is 47.0 Å². The molecule has 0 spiro atoms. The Kier molecular flexibility index (Phi) is 4.87. The highest BCUT2D eigenvalue weighted by atomic mass is 35.5. The van der Waals surface area contributed by atoms with Crippen LogP contribution >= 0.6 is 11.6 Å². The van der Waals surface area contributed by atoms with Gasteiger partial charge in [0.25, 0.3) is 0 Å². The molecule has 3 rings (SSSR count). The zero-order chi connectivity index (χ0) is 17.2. The van der Waals surface area contributed by atoms with Crippen molar-refractivity contribution in [3.8, 4) is 0 Å². The Morgan fingerprint density at radius 2 is 2.12 bits per heavy atom. The summed E-state index contributed by atoms with van der Waals surface area (Å²) in [6.45, 7) is 6.02. The molecule has 1 aliphatic heterocycles. The van der Waals surface area contributed by atoms with E-state index in [1.165, 1.54) is 6.33 Å². The molecular weight excluding hydrogens is 326 g/mol. The van der Waals surface area contributed by atoms with Crippen LogP contribution in [0, 0.1) is 5.41 Å². The van der Waals surface area contributed by atoms with E-state index in [-0.39, 0.29) is 11.9 Å². The van der Waals surface area contributed by atoms with E-state index in [0.29, 0.717) is 24.5 Å². The first kappa shape index (κ1) is 16.9. The van der Waals surface area contributed by atoms with E-state index in [1.807, 2.05) is 38.1 Å². The number of halogens is 1. The summed E-state index contributed by atoms with van der Waals surface area (Å²) < 4.78 is 1.80. The fourth-order valence-electron chi connectivity index (χ4n) is 3.05. The Hall–Kier alpha value is -1.92. The second-order valence-electron chi connectivity index (χ2n) is 6.32. The summed E-state index contributed by atoms with van der Waals surface area (Å²) in [5.74, 6) is 0.828. The minimum Gasteiger partial charge on any atom is -0.346 e. The van der Waals surface area contributed by atoms with Gasteiger partial charge in [0.1, 0.15) is 12.2 Å². The van der Waals surface area contributed by atoms with Gasteiger partial charge in [-0.1, -0.05) is 23.7 Å². The summed E-state index contributed by atoms with van der Waals surface area (Å²) in [6, 6.07) is 7.50. The van der Waals surface area contributed by atoms with Gasteiger partial charge in [0.05, 0.1) is 11.5 Å². The van der Waals surface area contributed by atoms with Crippen molar-refractivity contribution in [1.82, 2.24) is 25.4 Å². The van der Waals surface area contributed by atoms with E-state index in [0.717, 1.165) is 17.9 Å². The lowest BCUT2D eigenvalue weighted by atomic mass is 9.75. The number of amides is 1. The number of rotatable bonds is 6. The maximum atomic E-state index is 12.9. The third kappa shape index (κ3) is 3.30. The van der Waals surface area contributed by atoms with Crippen LogP contribution in [-0.4, -0.2) is 33.8 Å². The van der Waals surface area contributed by atoms with Gasteiger partial charge in [-0.2, -0.15) is 5.10 Å². The molecule has 1 aromatic heterocycles. The minimum absolute atomic E-state index is 0.0503. The highest BCUT2D eigenvalue weighted by Gasteiger charge is 2.44. The minimum atomic E-state index is -0.418. The molecule has 6 nitrogen and oxygen atoms in total. The molecule has 1 saturated heterocycles. The van der Waals surface area contributed by atoms with Crippen LogP contribution in [0.1, 0.15) is 31.3 Å². The third-order valence-electron chi connectivity index (χ3n) is 4.54. The van der Waals surface area contributed by atoms with Crippen LogP contribution in [0.2, 0.25) is 5.02 Å². The summed E-state index contributed by atoms with van der Waals surface area (Å²) in [7, 11) is 0. The quantitative estimate of drug-likeness (QED) is 0.838. The van der Waals surface area contributed by atoms with Crippen molar-refractivity contribution >= 4 is 17.5 Å². The Morgan fingerprint density at radius 3 is 2.71 bits per heavy atom. The molecular formula is C17H22ClN5O. The van der Waals surface area contributed by atoms with Gasteiger partial charge in [0, 0.05) is 24.7 Å². The van der Waals surface area contributed by atoms with Crippen LogP contribution in [0.3, 0.4) is 0 Å². The van der Waals surface area contributed by atoms with E-state index in [1.54, 1.807) is 4.68 Å². The first-order valence-electron chi connectivity index (χ1n) is 8.18. The van der Waals surface area contributed by atoms with Crippen molar-refractivity contribution in [3.63, 3.8) is 0 Å². The SMILES string of the molecule is CCn1ncnc1C(C)NC(=O)C1(Cc2ccc(Cl)cc2)CNC1. The predicted octanol–water partition coefficient (Wildman–Crippen LogP) is 1.96. The summed E-state index contributed by atoms with van der Waals surface area (Å²) >= 11 is 5.94. The Balaban J connectivity index is 1.71. The van der Waals surface area contributed by atoms with E-state index in [2.05, 4.69) is 20.7 Å². The second-order valence-corrected chi connectivity index (χ2v) is 6.75. The summed E-state index contributed by atoms with van der Waals surface area (Å²) in [4.78, 5) is 17.2. The van der Waals surface area contributed by atoms with Gasteiger partial charge in [-0.3, -0.25) is 4.79 Å². The molecule has 0 radical (unpaired) electrons. The number of nitrogens with one attached hydrogen (secondary N) is 2. The largest absolute Gasteiger partial charge is 0.346 e. The fourth-order valence-corrected chi connectivity index (χ4v) is 3.18. The van der Waals surface area contributed by atoms with Crippen molar-refractivity contribution in [2.45, 2.75) is 32.9 Å². The molecule has 1 amide bonds. The smallest absolute Gasteiger partial charge is 0.229 e. The van der Waals surface area contributed by atoms with Gasteiger partial charge in [-0.25, -0.2) is 9.67 Å². The lowest BCUT2D eigenvalue weighted by molar-refractivity contribution is -0.134. The molecule has 7 heteroatoms. The molecule has 0 aliphatic carbocycles. The first-order chi connectivity index (χ1) is 11.5. The van der Waals surface area contributed by atoms with Crippen LogP contribution in [-0.2, 0) is 17.8 Å². The lowest BCUT2D eigenvalue weighted by Crippen LogP contribution is -2.62. The molecule has 2 aromatic rings. The van der Waals surface area contributed by atoms with Crippen molar-refractivity contribution in [2.24, 2.45) is 5.41 Å². The van der Waals surface area contributed by atoms with Crippen LogP contribution in [0.4, 0.5) is 0 Å². The van der Waals surface area contributed by atoms with Crippen LogP contribution in [0.15, 0.2) is 30.6 Å². The van der Waals surface area contributed by atoms with E-state index in [4.69, 9.17) is 11.6 Å². The number of aryl methyl sites for hydroxylation is 1. The number of aromatic nitrogens is 3. The van der Waals surface area contributed by atoms with E-state index >= 15 is 0 Å². The van der Waals surface area contributed by atoms with Gasteiger partial charge >= 0.3 is 0 Å². The molecule has 1 unspecified atom stereocenters. The molecule has 2 N–H and O–H groups in total. The molecule has 0 saturated carbocycles. The van der Waals surface area contributed by atoms with Crippen molar-refractivity contribution in [1.29, 1.82) is 0 Å². The first-order valence-corrected chi connectivity index (χ1v) is 8.56. The monoisotopic (exact) mass is 347 g/mol. The molecule has 2 heterocycles. The Labute approximate surface area is 146 Å².